The van der Waals surface area contributed by atoms with E-state index in [1.165, 1.54) is 18.4 Å². The van der Waals surface area contributed by atoms with Crippen LogP contribution in [-0.2, 0) is 11.3 Å². The topological polar surface area (TPSA) is 87.1 Å². The van der Waals surface area contributed by atoms with Gasteiger partial charge in [-0.05, 0) is 55.5 Å². The van der Waals surface area contributed by atoms with Crippen molar-refractivity contribution >= 4 is 12.4 Å². The molecule has 1 saturated carbocycles. The lowest BCUT2D eigenvalue weighted by Crippen LogP contribution is -2.41. The maximum absolute atomic E-state index is 13.5. The lowest BCUT2D eigenvalue weighted by atomic mass is 10.0. The monoisotopic (exact) mass is 503 g/mol. The van der Waals surface area contributed by atoms with Gasteiger partial charge in [0.15, 0.2) is 0 Å². The number of ether oxygens (including phenoxy) is 1. The Morgan fingerprint density at radius 3 is 2.32 bits per heavy atom. The van der Waals surface area contributed by atoms with Crippen molar-refractivity contribution in [3.63, 3.8) is 0 Å². The molecule has 0 bridgehead atoms. The molecule has 1 aliphatic carbocycles. The number of amides is 1. The summed E-state index contributed by atoms with van der Waals surface area (Å²) in [6.07, 6.45) is 5.77. The highest BCUT2D eigenvalue weighted by Crippen LogP contribution is 2.41. The Hall–Kier alpha value is -3.64. The Labute approximate surface area is 219 Å². The van der Waals surface area contributed by atoms with Crippen molar-refractivity contribution in [3.8, 4) is 16.9 Å². The van der Waals surface area contributed by atoms with Gasteiger partial charge < -0.3 is 19.8 Å². The Morgan fingerprint density at radius 1 is 0.973 bits per heavy atom. The normalized spacial score (nSPS) is 13.2. The highest BCUT2D eigenvalue weighted by atomic mass is 16.5. The van der Waals surface area contributed by atoms with Crippen LogP contribution in [0.15, 0.2) is 72.8 Å². The molecule has 0 saturated heterocycles. The van der Waals surface area contributed by atoms with Crippen LogP contribution in [0.4, 0.5) is 0 Å². The molecule has 0 radical (unpaired) electrons. The average molecular weight is 504 g/mol. The van der Waals surface area contributed by atoms with Gasteiger partial charge in [-0.25, -0.2) is 0 Å². The van der Waals surface area contributed by atoms with Crippen LogP contribution >= 0.6 is 0 Å². The first-order valence-corrected chi connectivity index (χ1v) is 12.9. The van der Waals surface area contributed by atoms with Gasteiger partial charge in [0, 0.05) is 11.1 Å². The fourth-order valence-electron chi connectivity index (χ4n) is 4.23. The van der Waals surface area contributed by atoms with E-state index in [0.29, 0.717) is 31.6 Å². The van der Waals surface area contributed by atoms with Crippen molar-refractivity contribution in [1.29, 1.82) is 0 Å². The molecule has 3 aromatic rings. The van der Waals surface area contributed by atoms with E-state index in [-0.39, 0.29) is 12.4 Å². The summed E-state index contributed by atoms with van der Waals surface area (Å²) in [6.45, 7) is 5.00. The number of benzene rings is 3. The van der Waals surface area contributed by atoms with E-state index in [4.69, 9.17) is 14.6 Å². The zero-order valence-corrected chi connectivity index (χ0v) is 21.7. The third-order valence-corrected chi connectivity index (χ3v) is 6.48. The molecule has 6 nitrogen and oxygen atoms in total. The second kappa shape index (κ2) is 13.6. The highest BCUT2D eigenvalue weighted by Gasteiger charge is 2.49. The Bertz CT molecular complexity index is 1150. The molecule has 0 aromatic heterocycles. The summed E-state index contributed by atoms with van der Waals surface area (Å²) in [6, 6.07) is 23.8. The maximum atomic E-state index is 13.5. The van der Waals surface area contributed by atoms with E-state index in [1.54, 1.807) is 4.90 Å². The summed E-state index contributed by atoms with van der Waals surface area (Å²) in [7, 11) is 0. The van der Waals surface area contributed by atoms with Gasteiger partial charge in [0.25, 0.3) is 12.4 Å². The standard InChI is InChI=1S/C30H35NO3.CH2O2/c1-3-4-5-8-20-34-28-13-7-6-11-27(28)22-31(30(33)18-19-30)29(32)25-16-14-24(15-17-25)26-12-9-10-23(2)21-26;2-1-3/h6-7,9-17,21,33H,3-5,8,18-20,22H2,1-2H3;1H,(H,2,3). The molecule has 1 fully saturated rings. The number of carbonyl (C=O) groups excluding carboxylic acids is 1. The zero-order valence-electron chi connectivity index (χ0n) is 21.7. The number of para-hydroxylation sites is 1. The number of unbranched alkanes of at least 4 members (excludes halogenated alkanes) is 3. The average Bonchev–Trinajstić information content (AvgIpc) is 3.66. The van der Waals surface area contributed by atoms with Crippen molar-refractivity contribution < 1.29 is 24.5 Å². The minimum absolute atomic E-state index is 0.159. The molecule has 196 valence electrons. The number of rotatable bonds is 11. The molecule has 1 amide bonds. The molecule has 2 N–H and O–H groups in total. The summed E-state index contributed by atoms with van der Waals surface area (Å²) in [5.74, 6) is 0.629. The Kier molecular flexibility index (Phi) is 10.3. The molecule has 0 spiro atoms. The first-order valence-electron chi connectivity index (χ1n) is 12.9. The van der Waals surface area contributed by atoms with Crippen LogP contribution in [0.25, 0.3) is 11.1 Å². The van der Waals surface area contributed by atoms with Gasteiger partial charge in [0.2, 0.25) is 0 Å². The molecule has 0 heterocycles. The number of aliphatic hydroxyl groups is 1. The van der Waals surface area contributed by atoms with Crippen molar-refractivity contribution in [2.75, 3.05) is 6.61 Å². The summed E-state index contributed by atoms with van der Waals surface area (Å²) < 4.78 is 6.06. The van der Waals surface area contributed by atoms with E-state index in [9.17, 15) is 9.90 Å². The molecule has 0 aliphatic heterocycles. The predicted octanol–water partition coefficient (Wildman–Crippen LogP) is 6.45. The number of nitrogens with zero attached hydrogens (tertiary/aromatic N) is 1. The van der Waals surface area contributed by atoms with Crippen LogP contribution < -0.4 is 4.74 Å². The molecule has 1 aliphatic rings. The first-order chi connectivity index (χ1) is 17.9. The summed E-state index contributed by atoms with van der Waals surface area (Å²) in [5.41, 5.74) is 3.81. The molecule has 37 heavy (non-hydrogen) atoms. The quantitative estimate of drug-likeness (QED) is 0.178. The fraction of sp³-hybridized carbons (Fsp3) is 0.355. The SMILES string of the molecule is CCCCCCOc1ccccc1CN(C(=O)c1ccc(-c2cccc(C)c2)cc1)C1(O)CC1.O=CO. The molecule has 4 rings (SSSR count). The molecular weight excluding hydrogens is 466 g/mol. The first kappa shape index (κ1) is 27.9. The molecule has 0 atom stereocenters. The van der Waals surface area contributed by atoms with Gasteiger partial charge >= 0.3 is 0 Å². The van der Waals surface area contributed by atoms with Gasteiger partial charge in [-0.15, -0.1) is 0 Å². The third kappa shape index (κ3) is 7.92. The minimum Gasteiger partial charge on any atom is -0.493 e. The Morgan fingerprint density at radius 2 is 1.68 bits per heavy atom. The van der Waals surface area contributed by atoms with Gasteiger partial charge in [-0.3, -0.25) is 9.59 Å². The van der Waals surface area contributed by atoms with Crippen LogP contribution in [0.5, 0.6) is 5.75 Å². The fourth-order valence-corrected chi connectivity index (χ4v) is 4.23. The van der Waals surface area contributed by atoms with E-state index >= 15 is 0 Å². The number of carboxylic acid groups (broad SMARTS) is 1. The minimum atomic E-state index is -1.08. The number of aryl methyl sites for hydroxylation is 1. The second-order valence-corrected chi connectivity index (χ2v) is 9.44. The van der Waals surface area contributed by atoms with Crippen molar-refractivity contribution in [1.82, 2.24) is 4.90 Å². The van der Waals surface area contributed by atoms with Gasteiger partial charge in [0.1, 0.15) is 11.5 Å². The highest BCUT2D eigenvalue weighted by molar-refractivity contribution is 5.95. The van der Waals surface area contributed by atoms with E-state index in [2.05, 4.69) is 32.0 Å². The molecule has 3 aromatic carbocycles. The number of hydrogen-bond donors (Lipinski definition) is 2. The third-order valence-electron chi connectivity index (χ3n) is 6.48. The zero-order chi connectivity index (χ0) is 26.7. The van der Waals surface area contributed by atoms with Gasteiger partial charge in [0.05, 0.1) is 13.2 Å². The summed E-state index contributed by atoms with van der Waals surface area (Å²) in [4.78, 5) is 23.5. The van der Waals surface area contributed by atoms with Crippen molar-refractivity contribution in [2.45, 2.75) is 64.6 Å². The van der Waals surface area contributed by atoms with E-state index in [0.717, 1.165) is 35.3 Å². The number of hydrogen-bond acceptors (Lipinski definition) is 4. The predicted molar refractivity (Wildman–Crippen MR) is 145 cm³/mol. The van der Waals surface area contributed by atoms with E-state index < -0.39 is 5.72 Å². The maximum Gasteiger partial charge on any atom is 0.290 e. The van der Waals surface area contributed by atoms with Crippen LogP contribution in [0, 0.1) is 6.92 Å². The van der Waals surface area contributed by atoms with Crippen LogP contribution in [-0.4, -0.2) is 39.8 Å². The van der Waals surface area contributed by atoms with Gasteiger partial charge in [-0.2, -0.15) is 0 Å². The van der Waals surface area contributed by atoms with Crippen LogP contribution in [0.1, 0.15) is 66.9 Å². The largest absolute Gasteiger partial charge is 0.493 e. The second-order valence-electron chi connectivity index (χ2n) is 9.44. The van der Waals surface area contributed by atoms with Crippen LogP contribution in [0.3, 0.4) is 0 Å². The Balaban J connectivity index is 0.00000121. The van der Waals surface area contributed by atoms with Crippen molar-refractivity contribution in [2.24, 2.45) is 0 Å². The summed E-state index contributed by atoms with van der Waals surface area (Å²) in [5, 5.41) is 17.9. The lowest BCUT2D eigenvalue weighted by Gasteiger charge is -2.29. The molecular formula is C31H37NO5. The van der Waals surface area contributed by atoms with Crippen molar-refractivity contribution in [3.05, 3.63) is 89.5 Å². The molecule has 0 unspecified atom stereocenters. The van der Waals surface area contributed by atoms with Crippen LogP contribution in [0.2, 0.25) is 0 Å². The van der Waals surface area contributed by atoms with E-state index in [1.807, 2.05) is 54.6 Å². The van der Waals surface area contributed by atoms with Gasteiger partial charge in [-0.1, -0.05) is 86.3 Å². The smallest absolute Gasteiger partial charge is 0.290 e. The number of carbonyl (C=O) groups is 2. The molecule has 6 heteroatoms. The summed E-state index contributed by atoms with van der Waals surface area (Å²) >= 11 is 0. The lowest BCUT2D eigenvalue weighted by molar-refractivity contribution is -0.122.